The lowest BCUT2D eigenvalue weighted by atomic mass is 9.90. The van der Waals surface area contributed by atoms with Crippen LogP contribution in [0.25, 0.3) is 0 Å². The number of amides is 2. The molecule has 3 N–H and O–H groups in total. The van der Waals surface area contributed by atoms with Crippen molar-refractivity contribution in [1.82, 2.24) is 16.0 Å². The van der Waals surface area contributed by atoms with Crippen LogP contribution in [0.1, 0.15) is 42.1 Å². The molecule has 22 heavy (non-hydrogen) atoms. The smallest absolute Gasteiger partial charge is 0.251 e. The van der Waals surface area contributed by atoms with Crippen LogP contribution in [0.15, 0.2) is 24.3 Å². The third-order valence-corrected chi connectivity index (χ3v) is 4.02. The summed E-state index contributed by atoms with van der Waals surface area (Å²) in [6, 6.07) is 7.25. The number of hydrogen-bond acceptors (Lipinski definition) is 3. The number of carbonyl (C=O) groups is 2. The zero-order chi connectivity index (χ0) is 15.3. The van der Waals surface area contributed by atoms with Crippen LogP contribution >= 0.6 is 12.4 Å². The summed E-state index contributed by atoms with van der Waals surface area (Å²) >= 11 is 0. The van der Waals surface area contributed by atoms with Gasteiger partial charge in [0.05, 0.1) is 5.54 Å². The molecule has 1 aromatic rings. The normalized spacial score (nSPS) is 20.6. The fourth-order valence-electron chi connectivity index (χ4n) is 2.55. The number of rotatable bonds is 4. The van der Waals surface area contributed by atoms with Crippen LogP contribution in [-0.2, 0) is 11.3 Å². The second-order valence-electron chi connectivity index (χ2n) is 5.67. The molecule has 2 amide bonds. The van der Waals surface area contributed by atoms with Gasteiger partial charge in [0.15, 0.2) is 0 Å². The van der Waals surface area contributed by atoms with Crippen LogP contribution in [0.2, 0.25) is 0 Å². The minimum Gasteiger partial charge on any atom is -0.355 e. The third kappa shape index (κ3) is 4.45. The molecule has 0 saturated carbocycles. The van der Waals surface area contributed by atoms with E-state index in [9.17, 15) is 9.59 Å². The van der Waals surface area contributed by atoms with Gasteiger partial charge in [0.25, 0.3) is 5.91 Å². The summed E-state index contributed by atoms with van der Waals surface area (Å²) in [5, 5.41) is 8.85. The zero-order valence-electron chi connectivity index (χ0n) is 13.1. The lowest BCUT2D eigenvalue weighted by Gasteiger charge is -2.33. The monoisotopic (exact) mass is 325 g/mol. The van der Waals surface area contributed by atoms with E-state index in [-0.39, 0.29) is 24.2 Å². The largest absolute Gasteiger partial charge is 0.355 e. The van der Waals surface area contributed by atoms with Crippen molar-refractivity contribution < 1.29 is 9.59 Å². The molecular weight excluding hydrogens is 302 g/mol. The van der Waals surface area contributed by atoms with Crippen molar-refractivity contribution in [2.75, 3.05) is 13.6 Å². The molecule has 0 aliphatic carbocycles. The Hall–Kier alpha value is -1.59. The number of carbonyl (C=O) groups excluding carboxylic acids is 2. The average molecular weight is 326 g/mol. The highest BCUT2D eigenvalue weighted by Gasteiger charge is 2.33. The quantitative estimate of drug-likeness (QED) is 0.788. The van der Waals surface area contributed by atoms with Gasteiger partial charge in [0.1, 0.15) is 0 Å². The van der Waals surface area contributed by atoms with Gasteiger partial charge >= 0.3 is 0 Å². The van der Waals surface area contributed by atoms with E-state index in [0.29, 0.717) is 12.1 Å². The summed E-state index contributed by atoms with van der Waals surface area (Å²) < 4.78 is 0. The first-order valence-electron chi connectivity index (χ1n) is 7.39. The maximum absolute atomic E-state index is 12.3. The van der Waals surface area contributed by atoms with Crippen LogP contribution in [0, 0.1) is 0 Å². The maximum Gasteiger partial charge on any atom is 0.251 e. The Balaban J connectivity index is 0.00000242. The first-order chi connectivity index (χ1) is 10.0. The molecule has 0 spiro atoms. The van der Waals surface area contributed by atoms with E-state index >= 15 is 0 Å². The minimum atomic E-state index is -0.458. The Morgan fingerprint density at radius 2 is 1.91 bits per heavy atom. The van der Waals surface area contributed by atoms with Crippen molar-refractivity contribution in [3.8, 4) is 0 Å². The van der Waals surface area contributed by atoms with Gasteiger partial charge in [0.2, 0.25) is 5.91 Å². The highest BCUT2D eigenvalue weighted by atomic mass is 35.5. The maximum atomic E-state index is 12.3. The number of benzene rings is 1. The van der Waals surface area contributed by atoms with Crippen molar-refractivity contribution in [3.63, 3.8) is 0 Å². The van der Waals surface area contributed by atoms with Crippen LogP contribution in [0.4, 0.5) is 0 Å². The topological polar surface area (TPSA) is 70.2 Å². The molecule has 0 aromatic heterocycles. The van der Waals surface area contributed by atoms with E-state index in [4.69, 9.17) is 0 Å². The van der Waals surface area contributed by atoms with E-state index in [2.05, 4.69) is 16.0 Å². The Bertz CT molecular complexity index is 511. The van der Waals surface area contributed by atoms with E-state index in [1.165, 1.54) is 0 Å². The summed E-state index contributed by atoms with van der Waals surface area (Å²) in [5.74, 6) is -0.0675. The molecular formula is C16H24ClN3O2. The van der Waals surface area contributed by atoms with Gasteiger partial charge in [-0.05, 0) is 50.4 Å². The first kappa shape index (κ1) is 18.5. The molecule has 5 nitrogen and oxygen atoms in total. The lowest BCUT2D eigenvalue weighted by molar-refractivity contribution is -0.128. The standard InChI is InChI=1S/C16H23N3O2.ClH/c1-16(9-3-4-10-19-16)15(21)18-11-12-5-7-13(8-6-12)14(20)17-2;/h5-8,19H,3-4,9-11H2,1-2H3,(H,17,20)(H,18,21);1H. The van der Waals surface area contributed by atoms with Gasteiger partial charge in [-0.3, -0.25) is 9.59 Å². The van der Waals surface area contributed by atoms with E-state index in [1.807, 2.05) is 19.1 Å². The summed E-state index contributed by atoms with van der Waals surface area (Å²) in [6.07, 6.45) is 3.08. The zero-order valence-corrected chi connectivity index (χ0v) is 13.9. The predicted octanol–water partition coefficient (Wildman–Crippen LogP) is 1.62. The molecule has 1 heterocycles. The molecule has 1 aliphatic rings. The SMILES string of the molecule is CNC(=O)c1ccc(CNC(=O)C2(C)CCCCN2)cc1.Cl. The van der Waals surface area contributed by atoms with Gasteiger partial charge in [-0.2, -0.15) is 0 Å². The fourth-order valence-corrected chi connectivity index (χ4v) is 2.55. The van der Waals surface area contributed by atoms with Gasteiger partial charge in [-0.25, -0.2) is 0 Å². The highest BCUT2D eigenvalue weighted by molar-refractivity contribution is 5.94. The van der Waals surface area contributed by atoms with Crippen molar-refractivity contribution in [2.45, 2.75) is 38.3 Å². The molecule has 1 aromatic carbocycles. The summed E-state index contributed by atoms with van der Waals surface area (Å²) in [6.45, 7) is 3.32. The van der Waals surface area contributed by atoms with Crippen LogP contribution in [-0.4, -0.2) is 30.9 Å². The molecule has 0 radical (unpaired) electrons. The molecule has 0 bridgehead atoms. The number of piperidine rings is 1. The fraction of sp³-hybridized carbons (Fsp3) is 0.500. The van der Waals surface area contributed by atoms with Crippen LogP contribution < -0.4 is 16.0 Å². The van der Waals surface area contributed by atoms with Crippen molar-refractivity contribution >= 4 is 24.2 Å². The van der Waals surface area contributed by atoms with Crippen LogP contribution in [0.3, 0.4) is 0 Å². The molecule has 1 saturated heterocycles. The molecule has 1 fully saturated rings. The summed E-state index contributed by atoms with van der Waals surface area (Å²) in [5.41, 5.74) is 1.14. The van der Waals surface area contributed by atoms with E-state index < -0.39 is 5.54 Å². The second-order valence-corrected chi connectivity index (χ2v) is 5.67. The van der Waals surface area contributed by atoms with Crippen molar-refractivity contribution in [2.24, 2.45) is 0 Å². The molecule has 1 unspecified atom stereocenters. The Morgan fingerprint density at radius 3 is 2.45 bits per heavy atom. The molecule has 2 rings (SSSR count). The summed E-state index contributed by atoms with van der Waals surface area (Å²) in [7, 11) is 1.61. The Morgan fingerprint density at radius 1 is 1.23 bits per heavy atom. The first-order valence-corrected chi connectivity index (χ1v) is 7.39. The van der Waals surface area contributed by atoms with Crippen molar-refractivity contribution in [1.29, 1.82) is 0 Å². The molecule has 1 aliphatic heterocycles. The number of nitrogens with one attached hydrogen (secondary N) is 3. The number of hydrogen-bond donors (Lipinski definition) is 3. The Labute approximate surface area is 137 Å². The van der Waals surface area contributed by atoms with Crippen molar-refractivity contribution in [3.05, 3.63) is 35.4 Å². The highest BCUT2D eigenvalue weighted by Crippen LogP contribution is 2.18. The predicted molar refractivity (Wildman–Crippen MR) is 89.2 cm³/mol. The number of halogens is 1. The molecule has 1 atom stereocenters. The molecule has 6 heteroatoms. The van der Waals surface area contributed by atoms with E-state index in [0.717, 1.165) is 31.4 Å². The van der Waals surface area contributed by atoms with Gasteiger partial charge in [0, 0.05) is 19.2 Å². The second kappa shape index (κ2) is 8.15. The minimum absolute atomic E-state index is 0. The Kier molecular flexibility index (Phi) is 6.84. The lowest BCUT2D eigenvalue weighted by Crippen LogP contribution is -2.56. The molecule has 122 valence electrons. The average Bonchev–Trinajstić information content (AvgIpc) is 2.53. The van der Waals surface area contributed by atoms with Gasteiger partial charge in [-0.1, -0.05) is 12.1 Å². The van der Waals surface area contributed by atoms with Gasteiger partial charge < -0.3 is 16.0 Å². The van der Waals surface area contributed by atoms with Gasteiger partial charge in [-0.15, -0.1) is 12.4 Å². The summed E-state index contributed by atoms with van der Waals surface area (Å²) in [4.78, 5) is 23.7. The van der Waals surface area contributed by atoms with E-state index in [1.54, 1.807) is 19.2 Å². The van der Waals surface area contributed by atoms with Crippen LogP contribution in [0.5, 0.6) is 0 Å². The third-order valence-electron chi connectivity index (χ3n) is 4.02.